The van der Waals surface area contributed by atoms with Crippen molar-refractivity contribution in [3.63, 3.8) is 0 Å². The van der Waals surface area contributed by atoms with Crippen molar-refractivity contribution >= 4 is 17.8 Å². The number of H-pyrrole nitrogens is 1. The lowest BCUT2D eigenvalue weighted by Gasteiger charge is -2.30. The van der Waals surface area contributed by atoms with Crippen molar-refractivity contribution in [3.05, 3.63) is 40.6 Å². The van der Waals surface area contributed by atoms with Gasteiger partial charge in [-0.25, -0.2) is 0 Å². The number of rotatable bonds is 2. The van der Waals surface area contributed by atoms with E-state index in [1.54, 1.807) is 7.11 Å². The molecule has 2 aromatic rings. The van der Waals surface area contributed by atoms with E-state index >= 15 is 0 Å². The Kier molecular flexibility index (Phi) is 3.79. The highest BCUT2D eigenvalue weighted by Crippen LogP contribution is 2.45. The number of aromatic amines is 1. The van der Waals surface area contributed by atoms with E-state index in [0.717, 1.165) is 33.9 Å². The van der Waals surface area contributed by atoms with Gasteiger partial charge in [0, 0.05) is 34.6 Å². The zero-order valence-corrected chi connectivity index (χ0v) is 15.5. The number of ether oxygens (including phenoxy) is 2. The molecule has 4 rings (SSSR count). The number of nitrogens with one attached hydrogen (secondary N) is 2. The Hall–Kier alpha value is -2.76. The van der Waals surface area contributed by atoms with E-state index in [2.05, 4.69) is 42.4 Å². The maximum absolute atomic E-state index is 12.2. The van der Waals surface area contributed by atoms with Crippen LogP contribution in [0.3, 0.4) is 0 Å². The van der Waals surface area contributed by atoms with Crippen LogP contribution in [0.5, 0.6) is 11.5 Å². The number of benzene rings is 1. The van der Waals surface area contributed by atoms with E-state index in [4.69, 9.17) is 9.47 Å². The van der Waals surface area contributed by atoms with E-state index < -0.39 is 0 Å². The lowest BCUT2D eigenvalue weighted by atomic mass is 9.78. The fraction of sp³-hybridized carbons (Fsp3) is 0.400. The molecule has 0 saturated heterocycles. The second-order valence-electron chi connectivity index (χ2n) is 7.80. The molecule has 0 saturated carbocycles. The third kappa shape index (κ3) is 2.66. The molecule has 6 nitrogen and oxygen atoms in total. The number of anilines is 1. The molecule has 2 aliphatic heterocycles. The molecule has 0 bridgehead atoms. The average molecular weight is 353 g/mol. The second-order valence-corrected chi connectivity index (χ2v) is 7.80. The van der Waals surface area contributed by atoms with Crippen LogP contribution in [0.25, 0.3) is 6.08 Å². The van der Waals surface area contributed by atoms with E-state index in [0.29, 0.717) is 18.8 Å². The third-order valence-electron chi connectivity index (χ3n) is 4.95. The van der Waals surface area contributed by atoms with Gasteiger partial charge in [-0.3, -0.25) is 9.89 Å². The highest BCUT2D eigenvalue weighted by atomic mass is 16.5. The van der Waals surface area contributed by atoms with Gasteiger partial charge < -0.3 is 14.8 Å². The molecule has 26 heavy (non-hydrogen) atoms. The number of nitrogens with zero attached hydrogens (tertiary/aromatic N) is 1. The molecule has 6 heteroatoms. The van der Waals surface area contributed by atoms with Crippen molar-refractivity contribution in [3.8, 4) is 11.5 Å². The van der Waals surface area contributed by atoms with Crippen molar-refractivity contribution in [1.82, 2.24) is 10.2 Å². The van der Waals surface area contributed by atoms with Gasteiger partial charge in [0.05, 0.1) is 7.11 Å². The molecule has 2 N–H and O–H groups in total. The minimum atomic E-state index is -0.0991. The smallest absolute Gasteiger partial charge is 0.226 e. The Balaban J connectivity index is 1.81. The molecule has 0 fully saturated rings. The summed E-state index contributed by atoms with van der Waals surface area (Å²) in [7, 11) is 1.64. The van der Waals surface area contributed by atoms with Crippen molar-refractivity contribution in [2.75, 3.05) is 19.0 Å². The first-order chi connectivity index (χ1) is 12.4. The monoisotopic (exact) mass is 353 g/mol. The van der Waals surface area contributed by atoms with Crippen molar-refractivity contribution in [1.29, 1.82) is 0 Å². The molecule has 1 amide bonds. The van der Waals surface area contributed by atoms with Crippen LogP contribution in [0.4, 0.5) is 5.82 Å². The Morgan fingerprint density at radius 3 is 2.85 bits per heavy atom. The minimum absolute atomic E-state index is 0.0215. The number of para-hydroxylation sites is 1. The van der Waals surface area contributed by atoms with Gasteiger partial charge in [0.2, 0.25) is 5.91 Å². The summed E-state index contributed by atoms with van der Waals surface area (Å²) >= 11 is 0. The largest absolute Gasteiger partial charge is 0.493 e. The third-order valence-corrected chi connectivity index (χ3v) is 4.95. The lowest BCUT2D eigenvalue weighted by Crippen LogP contribution is -2.28. The number of hydrogen-bond acceptors (Lipinski definition) is 4. The predicted molar refractivity (Wildman–Crippen MR) is 99.7 cm³/mol. The normalized spacial score (nSPS) is 19.0. The van der Waals surface area contributed by atoms with Gasteiger partial charge in [0.25, 0.3) is 0 Å². The molecule has 3 heterocycles. The van der Waals surface area contributed by atoms with Crippen LogP contribution >= 0.6 is 0 Å². The molecule has 136 valence electrons. The van der Waals surface area contributed by atoms with Crippen molar-refractivity contribution < 1.29 is 14.3 Å². The number of amides is 1. The summed E-state index contributed by atoms with van der Waals surface area (Å²) in [5.74, 6) is 2.03. The quantitative estimate of drug-likeness (QED) is 0.865. The molecule has 1 aromatic carbocycles. The number of fused-ring (bicyclic) bond motifs is 2. The van der Waals surface area contributed by atoms with E-state index in [1.807, 2.05) is 18.2 Å². The van der Waals surface area contributed by atoms with Crippen LogP contribution in [0.1, 0.15) is 49.9 Å². The van der Waals surface area contributed by atoms with E-state index in [9.17, 15) is 4.79 Å². The molecular weight excluding hydrogens is 330 g/mol. The SMILES string of the molecule is COc1cccc2c1OCC(C1CC(=O)Nc3n[nH]c(C(C)(C)C)c31)=C2. The number of methoxy groups -OCH3 is 1. The zero-order chi connectivity index (χ0) is 18.5. The standard InChI is InChI=1S/C20H23N3O3/c1-20(2,3)18-16-13(9-15(24)21-19(16)23-22-18)12-8-11-6-5-7-14(25-4)17(11)26-10-12/h5-8,13H,9-10H2,1-4H3,(H2,21,22,23,24). The van der Waals surface area contributed by atoms with Gasteiger partial charge in [-0.15, -0.1) is 0 Å². The first-order valence-corrected chi connectivity index (χ1v) is 8.77. The highest BCUT2D eigenvalue weighted by Gasteiger charge is 2.37. The van der Waals surface area contributed by atoms with Gasteiger partial charge >= 0.3 is 0 Å². The summed E-state index contributed by atoms with van der Waals surface area (Å²) in [6.07, 6.45) is 2.51. The average Bonchev–Trinajstić information content (AvgIpc) is 3.04. The molecule has 0 radical (unpaired) electrons. The molecule has 1 aromatic heterocycles. The van der Waals surface area contributed by atoms with Crippen LogP contribution < -0.4 is 14.8 Å². The summed E-state index contributed by atoms with van der Waals surface area (Å²) in [6, 6.07) is 5.83. The fourth-order valence-corrected chi connectivity index (χ4v) is 3.70. The van der Waals surface area contributed by atoms with Gasteiger partial charge in [0.1, 0.15) is 6.61 Å². The number of hydrogen-bond donors (Lipinski definition) is 2. The van der Waals surface area contributed by atoms with Gasteiger partial charge in [-0.05, 0) is 17.7 Å². The van der Waals surface area contributed by atoms with E-state index in [1.165, 1.54) is 0 Å². The van der Waals surface area contributed by atoms with Crippen molar-refractivity contribution in [2.45, 2.75) is 38.5 Å². The summed E-state index contributed by atoms with van der Waals surface area (Å²) in [5.41, 5.74) is 4.07. The van der Waals surface area contributed by atoms with E-state index in [-0.39, 0.29) is 17.2 Å². The molecule has 1 atom stereocenters. The Morgan fingerprint density at radius 1 is 1.31 bits per heavy atom. The minimum Gasteiger partial charge on any atom is -0.493 e. The second kappa shape index (κ2) is 5.90. The van der Waals surface area contributed by atoms with Gasteiger partial charge in [-0.1, -0.05) is 32.9 Å². The number of aromatic nitrogens is 2. The summed E-state index contributed by atoms with van der Waals surface area (Å²) in [4.78, 5) is 12.2. The first kappa shape index (κ1) is 16.7. The summed E-state index contributed by atoms with van der Waals surface area (Å²) < 4.78 is 11.4. The molecule has 2 aliphatic rings. The number of carbonyl (C=O) groups is 1. The Bertz CT molecular complexity index is 906. The topological polar surface area (TPSA) is 76.2 Å². The maximum atomic E-state index is 12.2. The fourth-order valence-electron chi connectivity index (χ4n) is 3.70. The van der Waals surface area contributed by atoms with Gasteiger partial charge in [-0.2, -0.15) is 5.10 Å². The van der Waals surface area contributed by atoms with Crippen LogP contribution in [0.15, 0.2) is 23.8 Å². The van der Waals surface area contributed by atoms with Crippen LogP contribution in [-0.2, 0) is 10.2 Å². The lowest BCUT2D eigenvalue weighted by molar-refractivity contribution is -0.116. The molecule has 0 spiro atoms. The molecular formula is C20H23N3O3. The zero-order valence-electron chi connectivity index (χ0n) is 15.5. The van der Waals surface area contributed by atoms with Crippen LogP contribution in [0, 0.1) is 0 Å². The highest BCUT2D eigenvalue weighted by molar-refractivity contribution is 5.95. The van der Waals surface area contributed by atoms with Crippen LogP contribution in [-0.4, -0.2) is 29.8 Å². The predicted octanol–water partition coefficient (Wildman–Crippen LogP) is 3.62. The summed E-state index contributed by atoms with van der Waals surface area (Å²) in [5, 5.41) is 10.4. The Morgan fingerprint density at radius 2 is 2.12 bits per heavy atom. The van der Waals surface area contributed by atoms with Gasteiger partial charge in [0.15, 0.2) is 17.3 Å². The molecule has 1 unspecified atom stereocenters. The first-order valence-electron chi connectivity index (χ1n) is 8.77. The van der Waals surface area contributed by atoms with Crippen LogP contribution in [0.2, 0.25) is 0 Å². The summed E-state index contributed by atoms with van der Waals surface area (Å²) in [6.45, 7) is 6.85. The van der Waals surface area contributed by atoms with Crippen molar-refractivity contribution in [2.24, 2.45) is 0 Å². The number of carbonyl (C=O) groups excluding carboxylic acids is 1. The Labute approximate surface area is 152 Å². The maximum Gasteiger partial charge on any atom is 0.226 e. The molecule has 0 aliphatic carbocycles.